The molecular formula is C15H17NO3S2. The number of carbonyl (C=O) groups is 1. The lowest BCUT2D eigenvalue weighted by molar-refractivity contribution is -0.120. The molecule has 1 unspecified atom stereocenters. The molecule has 1 amide bonds. The number of sulfone groups is 1. The van der Waals surface area contributed by atoms with Gasteiger partial charge in [-0.05, 0) is 17.0 Å². The zero-order chi connectivity index (χ0) is 15.3. The first-order valence-corrected chi connectivity index (χ1v) is 9.07. The SMILES string of the molecule is CCC(=O)NCC(c1ccccc1)S(=O)(=O)c1cccs1. The van der Waals surface area contributed by atoms with Gasteiger partial charge in [0.15, 0.2) is 9.84 Å². The van der Waals surface area contributed by atoms with Gasteiger partial charge in [-0.15, -0.1) is 11.3 Å². The molecule has 0 spiro atoms. The van der Waals surface area contributed by atoms with Gasteiger partial charge in [-0.1, -0.05) is 43.3 Å². The number of carbonyl (C=O) groups excluding carboxylic acids is 1. The summed E-state index contributed by atoms with van der Waals surface area (Å²) in [5, 5.41) is 3.65. The lowest BCUT2D eigenvalue weighted by Crippen LogP contribution is -2.31. The Morgan fingerprint density at radius 3 is 2.48 bits per heavy atom. The van der Waals surface area contributed by atoms with E-state index in [4.69, 9.17) is 0 Å². The van der Waals surface area contributed by atoms with Crippen LogP contribution < -0.4 is 5.32 Å². The molecule has 0 radical (unpaired) electrons. The molecular weight excluding hydrogens is 306 g/mol. The molecule has 21 heavy (non-hydrogen) atoms. The summed E-state index contributed by atoms with van der Waals surface area (Å²) in [4.78, 5) is 11.5. The van der Waals surface area contributed by atoms with Crippen molar-refractivity contribution in [2.45, 2.75) is 22.8 Å². The van der Waals surface area contributed by atoms with Crippen LogP contribution in [0.1, 0.15) is 24.2 Å². The number of hydrogen-bond donors (Lipinski definition) is 1. The quantitative estimate of drug-likeness (QED) is 0.889. The van der Waals surface area contributed by atoms with Gasteiger partial charge in [0.25, 0.3) is 0 Å². The molecule has 0 aliphatic heterocycles. The van der Waals surface area contributed by atoms with Crippen LogP contribution in [0, 0.1) is 0 Å². The molecule has 1 heterocycles. The maximum Gasteiger partial charge on any atom is 0.219 e. The third-order valence-electron chi connectivity index (χ3n) is 3.13. The highest BCUT2D eigenvalue weighted by Crippen LogP contribution is 2.30. The van der Waals surface area contributed by atoms with E-state index in [1.54, 1.807) is 48.7 Å². The summed E-state index contributed by atoms with van der Waals surface area (Å²) >= 11 is 1.19. The highest BCUT2D eigenvalue weighted by Gasteiger charge is 2.30. The fourth-order valence-electron chi connectivity index (χ4n) is 1.97. The Morgan fingerprint density at radius 1 is 1.19 bits per heavy atom. The van der Waals surface area contributed by atoms with Gasteiger partial charge in [0.05, 0.1) is 0 Å². The van der Waals surface area contributed by atoms with E-state index >= 15 is 0 Å². The molecule has 0 aliphatic carbocycles. The largest absolute Gasteiger partial charge is 0.354 e. The molecule has 2 aromatic rings. The highest BCUT2D eigenvalue weighted by molar-refractivity contribution is 7.93. The Bertz CT molecular complexity index is 679. The van der Waals surface area contributed by atoms with Gasteiger partial charge in [-0.25, -0.2) is 8.42 Å². The van der Waals surface area contributed by atoms with Crippen LogP contribution in [-0.4, -0.2) is 20.9 Å². The van der Waals surface area contributed by atoms with Gasteiger partial charge in [0.2, 0.25) is 5.91 Å². The predicted octanol–water partition coefficient (Wildman–Crippen LogP) is 2.79. The molecule has 6 heteroatoms. The molecule has 0 saturated carbocycles. The average molecular weight is 323 g/mol. The van der Waals surface area contributed by atoms with E-state index in [1.165, 1.54) is 11.3 Å². The Hall–Kier alpha value is -1.66. The number of nitrogens with one attached hydrogen (secondary N) is 1. The van der Waals surface area contributed by atoms with Gasteiger partial charge < -0.3 is 5.32 Å². The molecule has 0 bridgehead atoms. The number of rotatable bonds is 6. The van der Waals surface area contributed by atoms with Crippen LogP contribution >= 0.6 is 11.3 Å². The van der Waals surface area contributed by atoms with Gasteiger partial charge in [0, 0.05) is 13.0 Å². The summed E-state index contributed by atoms with van der Waals surface area (Å²) < 4.78 is 25.8. The number of hydrogen-bond acceptors (Lipinski definition) is 4. The van der Waals surface area contributed by atoms with Gasteiger partial charge in [0.1, 0.15) is 9.46 Å². The molecule has 2 rings (SSSR count). The zero-order valence-corrected chi connectivity index (χ0v) is 13.3. The summed E-state index contributed by atoms with van der Waals surface area (Å²) in [6.45, 7) is 1.82. The molecule has 0 aliphatic rings. The Balaban J connectivity index is 2.34. The van der Waals surface area contributed by atoms with Crippen molar-refractivity contribution < 1.29 is 13.2 Å². The second-order valence-corrected chi connectivity index (χ2v) is 7.84. The predicted molar refractivity (Wildman–Crippen MR) is 84.0 cm³/mol. The first kappa shape index (κ1) is 15.7. The van der Waals surface area contributed by atoms with Crippen LogP contribution in [0.5, 0.6) is 0 Å². The summed E-state index contributed by atoms with van der Waals surface area (Å²) in [5.41, 5.74) is 0.683. The minimum atomic E-state index is -3.51. The minimum absolute atomic E-state index is 0.0803. The maximum absolute atomic E-state index is 12.8. The molecule has 0 fully saturated rings. The molecule has 1 atom stereocenters. The van der Waals surface area contributed by atoms with Crippen molar-refractivity contribution in [1.82, 2.24) is 5.32 Å². The molecule has 1 N–H and O–H groups in total. The number of amides is 1. The molecule has 0 saturated heterocycles. The molecule has 1 aromatic carbocycles. The lowest BCUT2D eigenvalue weighted by atomic mass is 10.1. The number of benzene rings is 1. The first-order chi connectivity index (χ1) is 10.1. The van der Waals surface area contributed by atoms with Crippen LogP contribution in [0.25, 0.3) is 0 Å². The van der Waals surface area contributed by atoms with Crippen LogP contribution in [0.15, 0.2) is 52.1 Å². The van der Waals surface area contributed by atoms with E-state index in [0.29, 0.717) is 16.2 Å². The Kier molecular flexibility index (Phi) is 5.14. The van der Waals surface area contributed by atoms with E-state index in [1.807, 2.05) is 6.07 Å². The normalized spacial score (nSPS) is 12.8. The topological polar surface area (TPSA) is 63.2 Å². The fraction of sp³-hybridized carbons (Fsp3) is 0.267. The fourth-order valence-corrected chi connectivity index (χ4v) is 4.84. The van der Waals surface area contributed by atoms with Crippen molar-refractivity contribution in [3.8, 4) is 0 Å². The highest BCUT2D eigenvalue weighted by atomic mass is 32.2. The van der Waals surface area contributed by atoms with Crippen molar-refractivity contribution in [1.29, 1.82) is 0 Å². The van der Waals surface area contributed by atoms with E-state index in [2.05, 4.69) is 5.32 Å². The van der Waals surface area contributed by atoms with E-state index in [-0.39, 0.29) is 12.5 Å². The van der Waals surface area contributed by atoms with Crippen molar-refractivity contribution in [3.05, 3.63) is 53.4 Å². The average Bonchev–Trinajstić information content (AvgIpc) is 3.03. The van der Waals surface area contributed by atoms with E-state index in [0.717, 1.165) is 0 Å². The zero-order valence-electron chi connectivity index (χ0n) is 11.7. The third-order valence-corrected chi connectivity index (χ3v) is 6.66. The smallest absolute Gasteiger partial charge is 0.219 e. The maximum atomic E-state index is 12.8. The second-order valence-electron chi connectivity index (χ2n) is 4.53. The Morgan fingerprint density at radius 2 is 1.90 bits per heavy atom. The minimum Gasteiger partial charge on any atom is -0.354 e. The molecule has 4 nitrogen and oxygen atoms in total. The van der Waals surface area contributed by atoms with Crippen molar-refractivity contribution in [2.75, 3.05) is 6.54 Å². The van der Waals surface area contributed by atoms with Crippen molar-refractivity contribution in [3.63, 3.8) is 0 Å². The monoisotopic (exact) mass is 323 g/mol. The third kappa shape index (κ3) is 3.71. The summed E-state index contributed by atoms with van der Waals surface area (Å²) in [6.07, 6.45) is 0.334. The standard InChI is InChI=1S/C15H17NO3S2/c1-2-14(17)16-11-13(12-7-4-3-5-8-12)21(18,19)15-9-6-10-20-15/h3-10,13H,2,11H2,1H3,(H,16,17). The number of thiophene rings is 1. The summed E-state index contributed by atoms with van der Waals surface area (Å²) in [5.74, 6) is -0.155. The van der Waals surface area contributed by atoms with Crippen LogP contribution in [0.3, 0.4) is 0 Å². The summed E-state index contributed by atoms with van der Waals surface area (Å²) in [6, 6.07) is 12.3. The van der Waals surface area contributed by atoms with Crippen molar-refractivity contribution in [2.24, 2.45) is 0 Å². The van der Waals surface area contributed by atoms with E-state index in [9.17, 15) is 13.2 Å². The Labute approximate surface area is 128 Å². The van der Waals surface area contributed by atoms with Crippen LogP contribution in [-0.2, 0) is 14.6 Å². The molecule has 1 aromatic heterocycles. The second kappa shape index (κ2) is 6.87. The van der Waals surface area contributed by atoms with Gasteiger partial charge in [-0.3, -0.25) is 4.79 Å². The lowest BCUT2D eigenvalue weighted by Gasteiger charge is -2.18. The van der Waals surface area contributed by atoms with Gasteiger partial charge >= 0.3 is 0 Å². The van der Waals surface area contributed by atoms with Crippen LogP contribution in [0.4, 0.5) is 0 Å². The molecule has 112 valence electrons. The first-order valence-electron chi connectivity index (χ1n) is 6.64. The van der Waals surface area contributed by atoms with E-state index < -0.39 is 15.1 Å². The van der Waals surface area contributed by atoms with Crippen LogP contribution in [0.2, 0.25) is 0 Å². The van der Waals surface area contributed by atoms with Crippen molar-refractivity contribution >= 4 is 27.1 Å². The summed E-state index contributed by atoms with van der Waals surface area (Å²) in [7, 11) is -3.51. The van der Waals surface area contributed by atoms with Gasteiger partial charge in [-0.2, -0.15) is 0 Å².